The Kier molecular flexibility index (Phi) is 4.56. The lowest BCUT2D eigenvalue weighted by Gasteiger charge is -2.14. The van der Waals surface area contributed by atoms with Gasteiger partial charge in [-0.2, -0.15) is 0 Å². The molecular formula is C13H11Br3O2. The number of methoxy groups -OCH3 is 1. The van der Waals surface area contributed by atoms with Gasteiger partial charge in [0.05, 0.1) is 7.11 Å². The quantitative estimate of drug-likeness (QED) is 0.581. The van der Waals surface area contributed by atoms with E-state index in [9.17, 15) is 0 Å². The van der Waals surface area contributed by atoms with Crippen molar-refractivity contribution in [1.82, 2.24) is 0 Å². The summed E-state index contributed by atoms with van der Waals surface area (Å²) in [5.41, 5.74) is 2.16. The number of hydrogen-bond donors (Lipinski definition) is 0. The van der Waals surface area contributed by atoms with Crippen LogP contribution in [0.2, 0.25) is 0 Å². The van der Waals surface area contributed by atoms with E-state index in [0.29, 0.717) is 4.67 Å². The third-order valence-corrected chi connectivity index (χ3v) is 4.85. The Morgan fingerprint density at radius 2 is 1.94 bits per heavy atom. The number of aryl methyl sites for hydroxylation is 1. The zero-order chi connectivity index (χ0) is 13.3. The molecule has 0 amide bonds. The van der Waals surface area contributed by atoms with Gasteiger partial charge in [-0.25, -0.2) is 0 Å². The minimum absolute atomic E-state index is 0.0457. The minimum Gasteiger partial charge on any atom is -0.496 e. The van der Waals surface area contributed by atoms with E-state index in [1.807, 2.05) is 31.2 Å². The lowest BCUT2D eigenvalue weighted by atomic mass is 10.1. The van der Waals surface area contributed by atoms with Gasteiger partial charge in [-0.15, -0.1) is 0 Å². The van der Waals surface area contributed by atoms with Gasteiger partial charge < -0.3 is 9.15 Å². The van der Waals surface area contributed by atoms with Crippen molar-refractivity contribution in [3.05, 3.63) is 50.3 Å². The van der Waals surface area contributed by atoms with Crippen molar-refractivity contribution in [2.75, 3.05) is 7.11 Å². The molecule has 1 aromatic carbocycles. The van der Waals surface area contributed by atoms with E-state index in [1.165, 1.54) is 0 Å². The fraction of sp³-hybridized carbons (Fsp3) is 0.231. The Morgan fingerprint density at radius 3 is 2.50 bits per heavy atom. The molecule has 0 saturated carbocycles. The van der Waals surface area contributed by atoms with Crippen LogP contribution >= 0.6 is 47.8 Å². The first-order valence-corrected chi connectivity index (χ1v) is 7.76. The largest absolute Gasteiger partial charge is 0.496 e. The molecule has 1 aromatic heterocycles. The minimum atomic E-state index is -0.0457. The van der Waals surface area contributed by atoms with Crippen molar-refractivity contribution in [3.63, 3.8) is 0 Å². The van der Waals surface area contributed by atoms with Crippen LogP contribution in [0.4, 0.5) is 0 Å². The van der Waals surface area contributed by atoms with Crippen LogP contribution in [0.5, 0.6) is 5.75 Å². The van der Waals surface area contributed by atoms with E-state index in [0.717, 1.165) is 27.1 Å². The molecule has 0 fully saturated rings. The Morgan fingerprint density at radius 1 is 1.22 bits per heavy atom. The third-order valence-electron chi connectivity index (χ3n) is 2.63. The second kappa shape index (κ2) is 5.80. The van der Waals surface area contributed by atoms with E-state index in [-0.39, 0.29) is 4.83 Å². The van der Waals surface area contributed by atoms with Crippen LogP contribution in [-0.2, 0) is 0 Å². The summed E-state index contributed by atoms with van der Waals surface area (Å²) in [4.78, 5) is -0.0457. The SMILES string of the molecule is COc1cc(C)c(Br)cc1C(Br)c1ccc(Br)o1. The van der Waals surface area contributed by atoms with Gasteiger partial charge in [0.2, 0.25) is 0 Å². The predicted molar refractivity (Wildman–Crippen MR) is 82.6 cm³/mol. The highest BCUT2D eigenvalue weighted by atomic mass is 79.9. The first-order chi connectivity index (χ1) is 8.52. The Balaban J connectivity index is 2.46. The molecule has 0 aliphatic heterocycles. The number of ether oxygens (including phenoxy) is 1. The van der Waals surface area contributed by atoms with Crippen LogP contribution in [0.3, 0.4) is 0 Å². The number of benzene rings is 1. The zero-order valence-corrected chi connectivity index (χ0v) is 14.6. The molecule has 0 aliphatic carbocycles. The highest BCUT2D eigenvalue weighted by Crippen LogP contribution is 2.40. The van der Waals surface area contributed by atoms with Gasteiger partial charge in [0.15, 0.2) is 4.67 Å². The summed E-state index contributed by atoms with van der Waals surface area (Å²) < 4.78 is 12.8. The second-order valence-corrected chi connectivity index (χ2v) is 6.40. The molecule has 96 valence electrons. The topological polar surface area (TPSA) is 22.4 Å². The van der Waals surface area contributed by atoms with E-state index < -0.39 is 0 Å². The highest BCUT2D eigenvalue weighted by Gasteiger charge is 2.19. The van der Waals surface area contributed by atoms with Gasteiger partial charge in [0.1, 0.15) is 16.3 Å². The molecule has 2 rings (SSSR count). The summed E-state index contributed by atoms with van der Waals surface area (Å²) in [5, 5.41) is 0. The van der Waals surface area contributed by atoms with Crippen molar-refractivity contribution in [2.45, 2.75) is 11.8 Å². The second-order valence-electron chi connectivity index (χ2n) is 3.85. The average Bonchev–Trinajstić information content (AvgIpc) is 2.78. The van der Waals surface area contributed by atoms with E-state index in [2.05, 4.69) is 47.8 Å². The average molecular weight is 439 g/mol. The van der Waals surface area contributed by atoms with Gasteiger partial charge in [-0.05, 0) is 52.7 Å². The number of rotatable bonds is 3. The Hall–Kier alpha value is -0.260. The summed E-state index contributed by atoms with van der Waals surface area (Å²) in [7, 11) is 1.67. The van der Waals surface area contributed by atoms with Crippen molar-refractivity contribution < 1.29 is 9.15 Å². The molecule has 18 heavy (non-hydrogen) atoms. The monoisotopic (exact) mass is 436 g/mol. The molecule has 1 unspecified atom stereocenters. The number of hydrogen-bond acceptors (Lipinski definition) is 2. The van der Waals surface area contributed by atoms with Crippen LogP contribution < -0.4 is 4.74 Å². The summed E-state index contributed by atoms with van der Waals surface area (Å²) in [6.07, 6.45) is 0. The Labute approximate surface area is 131 Å². The maximum Gasteiger partial charge on any atom is 0.169 e. The molecule has 0 radical (unpaired) electrons. The summed E-state index contributed by atoms with van der Waals surface area (Å²) in [5.74, 6) is 1.67. The summed E-state index contributed by atoms with van der Waals surface area (Å²) in [6.45, 7) is 2.03. The number of halogens is 3. The van der Waals surface area contributed by atoms with Gasteiger partial charge >= 0.3 is 0 Å². The Bertz CT molecular complexity index is 563. The van der Waals surface area contributed by atoms with E-state index >= 15 is 0 Å². The molecule has 1 heterocycles. The molecule has 5 heteroatoms. The zero-order valence-electron chi connectivity index (χ0n) is 9.84. The van der Waals surface area contributed by atoms with Crippen LogP contribution in [0.1, 0.15) is 21.7 Å². The van der Waals surface area contributed by atoms with Crippen molar-refractivity contribution >= 4 is 47.8 Å². The van der Waals surface area contributed by atoms with Crippen LogP contribution in [0.25, 0.3) is 0 Å². The smallest absolute Gasteiger partial charge is 0.169 e. The highest BCUT2D eigenvalue weighted by molar-refractivity contribution is 9.10. The number of furan rings is 1. The molecular weight excluding hydrogens is 428 g/mol. The summed E-state index contributed by atoms with van der Waals surface area (Å²) in [6, 6.07) is 7.85. The molecule has 1 atom stereocenters. The lowest BCUT2D eigenvalue weighted by molar-refractivity contribution is 0.407. The third kappa shape index (κ3) is 2.83. The molecule has 0 N–H and O–H groups in total. The fourth-order valence-electron chi connectivity index (χ4n) is 1.66. The molecule has 0 saturated heterocycles. The van der Waals surface area contributed by atoms with Crippen LogP contribution in [0.15, 0.2) is 37.8 Å². The molecule has 2 aromatic rings. The maximum absolute atomic E-state index is 5.57. The van der Waals surface area contributed by atoms with Crippen molar-refractivity contribution in [3.8, 4) is 5.75 Å². The van der Waals surface area contributed by atoms with Gasteiger partial charge in [-0.3, -0.25) is 0 Å². The first-order valence-electron chi connectivity index (χ1n) is 5.26. The standard InChI is InChI=1S/C13H11Br3O2/c1-7-5-11(17-2)8(6-9(7)14)13(16)10-3-4-12(15)18-10/h3-6,13H,1-2H3. The van der Waals surface area contributed by atoms with E-state index in [1.54, 1.807) is 7.11 Å². The van der Waals surface area contributed by atoms with Gasteiger partial charge in [-0.1, -0.05) is 31.9 Å². The van der Waals surface area contributed by atoms with Crippen LogP contribution in [-0.4, -0.2) is 7.11 Å². The molecule has 0 bridgehead atoms. The van der Waals surface area contributed by atoms with Crippen LogP contribution in [0, 0.1) is 6.92 Å². The molecule has 2 nitrogen and oxygen atoms in total. The van der Waals surface area contributed by atoms with Crippen molar-refractivity contribution in [1.29, 1.82) is 0 Å². The maximum atomic E-state index is 5.57. The number of alkyl halides is 1. The molecule has 0 spiro atoms. The predicted octanol–water partition coefficient (Wildman–Crippen LogP) is 5.61. The summed E-state index contributed by atoms with van der Waals surface area (Å²) >= 11 is 10.5. The van der Waals surface area contributed by atoms with E-state index in [4.69, 9.17) is 9.15 Å². The van der Waals surface area contributed by atoms with Crippen molar-refractivity contribution in [2.24, 2.45) is 0 Å². The lowest BCUT2D eigenvalue weighted by Crippen LogP contribution is -1.97. The normalized spacial score (nSPS) is 12.5. The molecule has 0 aliphatic rings. The van der Waals surface area contributed by atoms with Gasteiger partial charge in [0, 0.05) is 10.0 Å². The van der Waals surface area contributed by atoms with Gasteiger partial charge in [0.25, 0.3) is 0 Å². The fourth-order valence-corrected chi connectivity index (χ4v) is 2.95. The first kappa shape index (κ1) is 14.2.